The fraction of sp³-hybridized carbons (Fsp3) is 0.590. The van der Waals surface area contributed by atoms with Gasteiger partial charge in [-0.05, 0) is 236 Å². The highest BCUT2D eigenvalue weighted by Gasteiger charge is 2.65. The lowest BCUT2D eigenvalue weighted by molar-refractivity contribution is -0.260. The maximum absolute atomic E-state index is 11.9. The topological polar surface area (TPSA) is 223 Å². The van der Waals surface area contributed by atoms with E-state index in [4.69, 9.17) is 43.0 Å². The minimum absolute atomic E-state index is 0.0267. The van der Waals surface area contributed by atoms with Crippen LogP contribution in [0.25, 0.3) is 6.08 Å². The van der Waals surface area contributed by atoms with Crippen LogP contribution in [0.4, 0.5) is 0 Å². The Morgan fingerprint density at radius 1 is 0.495 bits per heavy atom. The molecule has 11 aliphatic carbocycles. The van der Waals surface area contributed by atoms with Crippen LogP contribution in [0.1, 0.15) is 233 Å². The van der Waals surface area contributed by atoms with Crippen molar-refractivity contribution in [1.82, 2.24) is 0 Å². The molecule has 11 saturated carbocycles. The molecule has 544 valence electrons. The highest BCUT2D eigenvalue weighted by atomic mass is 16.7. The number of benzene rings is 3. The smallest absolute Gasteiger partial charge is 0.333 e. The number of aliphatic hydroxyl groups is 4. The molecule has 0 saturated heterocycles. The number of ether oxygens (including phenoxy) is 8. The second kappa shape index (κ2) is 35.3. The van der Waals surface area contributed by atoms with Crippen molar-refractivity contribution in [3.05, 3.63) is 163 Å². The third-order valence-electron chi connectivity index (χ3n) is 20.9. The standard InChI is InChI=1S/C16H24O4.C16H20O2.C15H18O2.C14H20O4.C14H20O3.C8H14O/c1-6-14-9-10-15(19-12(4)17-7-2)16(11-14)20-13(5)18-8-3;1-13(2)15(17)18-16(11-7-4-8-12-16)14-9-5-3-6-10-14;1-12(2)14(16)17-15(10-6-7-11-15)13-8-4-3-5-9-13;1-9(2)11(15)18-14-5-10-3-12(16,7-14)6-13(17,4-10)8-14;1-9(2)12(15)17-14-6-10-3-11(7-14)5-13(16,4-10)8-14;1-2-7-3-5-8(9)6-4-7/h6,9-13H,1,7-8H2,2-5H3;3,5-6,9-10H,1,4,7-8,11-12H2,2H3;3-5,8-9H,1,6-7,10-11H2,2H3;10,16-17H,1,3-8H2,2H3;10-11,16H,1,3-8H2,2H3;2,7-9H,1,3-6H2. The predicted octanol–water partition coefficient (Wildman–Crippen LogP) is 16.6. The highest BCUT2D eigenvalue weighted by Crippen LogP contribution is 2.61. The number of aliphatic hydroxyl groups excluding tert-OH is 1. The number of allylic oxidation sites excluding steroid dienone is 1. The Hall–Kier alpha value is -6.66. The Kier molecular flexibility index (Phi) is 28.4. The van der Waals surface area contributed by atoms with E-state index in [-0.39, 0.29) is 42.5 Å². The van der Waals surface area contributed by atoms with Crippen molar-refractivity contribution in [2.24, 2.45) is 23.7 Å². The van der Waals surface area contributed by atoms with E-state index in [1.165, 1.54) is 12.8 Å². The van der Waals surface area contributed by atoms with E-state index in [1.807, 2.05) is 101 Å². The van der Waals surface area contributed by atoms with Crippen LogP contribution in [0, 0.1) is 23.7 Å². The second-order valence-electron chi connectivity index (χ2n) is 30.2. The third-order valence-corrected chi connectivity index (χ3v) is 20.9. The zero-order chi connectivity index (χ0) is 72.4. The predicted molar refractivity (Wildman–Crippen MR) is 386 cm³/mol. The van der Waals surface area contributed by atoms with E-state index in [1.54, 1.807) is 33.8 Å². The van der Waals surface area contributed by atoms with Crippen molar-refractivity contribution in [1.29, 1.82) is 0 Å². The van der Waals surface area contributed by atoms with Crippen LogP contribution in [-0.4, -0.2) is 104 Å². The van der Waals surface area contributed by atoms with Crippen LogP contribution < -0.4 is 9.47 Å². The zero-order valence-corrected chi connectivity index (χ0v) is 60.7. The van der Waals surface area contributed by atoms with Gasteiger partial charge in [-0.3, -0.25) is 0 Å². The largest absolute Gasteiger partial charge is 0.461 e. The van der Waals surface area contributed by atoms with E-state index in [0.717, 1.165) is 139 Å². The molecule has 3 aromatic carbocycles. The summed E-state index contributed by atoms with van der Waals surface area (Å²) in [4.78, 5) is 47.1. The molecule has 8 bridgehead atoms. The van der Waals surface area contributed by atoms with Crippen LogP contribution in [0.2, 0.25) is 0 Å². The molecule has 3 aromatic rings. The first-order valence-corrected chi connectivity index (χ1v) is 36.3. The van der Waals surface area contributed by atoms with Crippen LogP contribution in [0.15, 0.2) is 147 Å². The first-order chi connectivity index (χ1) is 46.8. The number of carbonyl (C=O) groups is 4. The van der Waals surface area contributed by atoms with E-state index in [0.29, 0.717) is 90.4 Å². The summed E-state index contributed by atoms with van der Waals surface area (Å²) in [6.07, 6.45) is 25.6. The molecule has 4 N–H and O–H groups in total. The fourth-order valence-corrected chi connectivity index (χ4v) is 17.2. The Labute approximate surface area is 590 Å². The van der Waals surface area contributed by atoms with Gasteiger partial charge in [0.25, 0.3) is 0 Å². The molecule has 11 aliphatic rings. The van der Waals surface area contributed by atoms with Gasteiger partial charge in [-0.1, -0.05) is 118 Å². The molecule has 0 spiro atoms. The Morgan fingerprint density at radius 2 is 0.889 bits per heavy atom. The minimum atomic E-state index is -0.858. The van der Waals surface area contributed by atoms with E-state index >= 15 is 0 Å². The van der Waals surface area contributed by atoms with Crippen LogP contribution in [0.3, 0.4) is 0 Å². The number of esters is 4. The summed E-state index contributed by atoms with van der Waals surface area (Å²) in [5.74, 6) is 2.00. The molecule has 11 fully saturated rings. The van der Waals surface area contributed by atoms with Crippen molar-refractivity contribution >= 4 is 30.0 Å². The minimum Gasteiger partial charge on any atom is -0.461 e. The Balaban J connectivity index is 0.000000169. The third kappa shape index (κ3) is 22.4. The molecule has 0 radical (unpaired) electrons. The van der Waals surface area contributed by atoms with Crippen molar-refractivity contribution in [2.45, 2.75) is 274 Å². The summed E-state index contributed by atoms with van der Waals surface area (Å²) in [7, 11) is 0. The van der Waals surface area contributed by atoms with Crippen LogP contribution in [-0.2, 0) is 58.8 Å². The SMILES string of the molecule is C=C(C)C(=O)OC1(c2ccccc2)CCCC1.C=C(C)C(=O)OC1(c2ccccc2)CCCCC1.C=C(C)C(=O)OC12CC3CC(CC(O)(C3)C1)C2.C=C(C)C(=O)OC12CC3CC(O)(CC(O)(C3)C1)C2.C=CC1CCC(O)CC1.C=Cc1ccc(OC(C)OCC)c(OC(C)OCC)c1. The molecular formula is C83H116O16. The first-order valence-electron chi connectivity index (χ1n) is 36.3. The van der Waals surface area contributed by atoms with Gasteiger partial charge in [-0.15, -0.1) is 6.58 Å². The molecule has 0 aromatic heterocycles. The summed E-state index contributed by atoms with van der Waals surface area (Å²) >= 11 is 0. The van der Waals surface area contributed by atoms with Crippen LogP contribution >= 0.6 is 0 Å². The molecule has 6 atom stereocenters. The zero-order valence-electron chi connectivity index (χ0n) is 60.7. The Bertz CT molecular complexity index is 3210. The average Bonchev–Trinajstić information content (AvgIpc) is 1.05. The lowest BCUT2D eigenvalue weighted by Gasteiger charge is -2.62. The van der Waals surface area contributed by atoms with Gasteiger partial charge in [-0.25, -0.2) is 19.2 Å². The summed E-state index contributed by atoms with van der Waals surface area (Å²) in [6, 6.07) is 25.8. The first kappa shape index (κ1) is 79.7. The van der Waals surface area contributed by atoms with Crippen molar-refractivity contribution in [3.8, 4) is 11.5 Å². The quantitative estimate of drug-likeness (QED) is 0.0271. The van der Waals surface area contributed by atoms with Gasteiger partial charge in [0.2, 0.25) is 0 Å². The van der Waals surface area contributed by atoms with E-state index in [2.05, 4.69) is 51.6 Å². The normalized spacial score (nSPS) is 29.4. The summed E-state index contributed by atoms with van der Waals surface area (Å²) < 4.78 is 45.0. The molecular weight excluding hydrogens is 1250 g/mol. The van der Waals surface area contributed by atoms with Gasteiger partial charge in [0.15, 0.2) is 24.1 Å². The summed E-state index contributed by atoms with van der Waals surface area (Å²) in [5.41, 5.74) is 0.708. The van der Waals surface area contributed by atoms with Gasteiger partial charge in [0.05, 0.1) is 22.9 Å². The Morgan fingerprint density at radius 3 is 1.29 bits per heavy atom. The van der Waals surface area contributed by atoms with Gasteiger partial charge in [0.1, 0.15) is 22.4 Å². The van der Waals surface area contributed by atoms with Crippen molar-refractivity contribution < 1.29 is 77.5 Å². The molecule has 6 unspecified atom stereocenters. The number of rotatable bonds is 20. The van der Waals surface area contributed by atoms with Gasteiger partial charge in [-0.2, -0.15) is 0 Å². The molecule has 16 heteroatoms. The van der Waals surface area contributed by atoms with Gasteiger partial charge in [0, 0.05) is 61.2 Å². The molecule has 0 amide bonds. The molecule has 14 rings (SSSR count). The number of hydrogen-bond donors (Lipinski definition) is 4. The fourth-order valence-electron chi connectivity index (χ4n) is 17.2. The molecule has 99 heavy (non-hydrogen) atoms. The molecule has 0 heterocycles. The highest BCUT2D eigenvalue weighted by molar-refractivity contribution is 5.88. The number of carbonyl (C=O) groups excluding carboxylic acids is 4. The van der Waals surface area contributed by atoms with Crippen molar-refractivity contribution in [3.63, 3.8) is 0 Å². The summed E-state index contributed by atoms with van der Waals surface area (Å²) in [5, 5.41) is 40.6. The maximum atomic E-state index is 11.9. The van der Waals surface area contributed by atoms with E-state index in [9.17, 15) is 34.5 Å². The molecule has 0 aliphatic heterocycles. The number of hydrogen-bond acceptors (Lipinski definition) is 16. The van der Waals surface area contributed by atoms with Crippen LogP contribution in [0.5, 0.6) is 11.5 Å². The van der Waals surface area contributed by atoms with Crippen molar-refractivity contribution in [2.75, 3.05) is 13.2 Å². The lowest BCUT2D eigenvalue weighted by atomic mass is 9.50. The molecule has 16 nitrogen and oxygen atoms in total. The lowest BCUT2D eigenvalue weighted by Crippen LogP contribution is -2.66. The maximum Gasteiger partial charge on any atom is 0.333 e. The van der Waals surface area contributed by atoms with Gasteiger partial charge < -0.3 is 58.3 Å². The van der Waals surface area contributed by atoms with E-state index < -0.39 is 45.2 Å². The average molecular weight is 1370 g/mol. The summed E-state index contributed by atoms with van der Waals surface area (Å²) in [6.45, 7) is 37.4. The second-order valence-corrected chi connectivity index (χ2v) is 30.2. The van der Waals surface area contributed by atoms with Gasteiger partial charge >= 0.3 is 23.9 Å². The monoisotopic (exact) mass is 1370 g/mol.